The maximum absolute atomic E-state index is 13.0. The van der Waals surface area contributed by atoms with Crippen LogP contribution in [0.5, 0.6) is 0 Å². The number of rotatable bonds is 6. The molecule has 0 aliphatic carbocycles. The van der Waals surface area contributed by atoms with E-state index < -0.39 is 0 Å². The topological polar surface area (TPSA) is 41.0 Å². The molecular weight excluding hydrogens is 383 g/mol. The van der Waals surface area contributed by atoms with Gasteiger partial charge in [-0.25, -0.2) is 14.4 Å². The van der Waals surface area contributed by atoms with Crippen molar-refractivity contribution in [2.24, 2.45) is 5.41 Å². The first kappa shape index (κ1) is 20.2. The average molecular weight is 413 g/mol. The predicted molar refractivity (Wildman–Crippen MR) is 119 cm³/mol. The van der Waals surface area contributed by atoms with Gasteiger partial charge in [-0.05, 0) is 66.8 Å². The zero-order chi connectivity index (χ0) is 20.4. The lowest BCUT2D eigenvalue weighted by molar-refractivity contribution is 0.205. The molecule has 1 N–H and O–H groups in total. The summed E-state index contributed by atoms with van der Waals surface area (Å²) in [6.45, 7) is 9.76. The second-order valence-electron chi connectivity index (χ2n) is 8.73. The van der Waals surface area contributed by atoms with Crippen molar-refractivity contribution in [2.45, 2.75) is 46.1 Å². The molecular formula is C23H29FN4S. The Bertz CT molecular complexity index is 967. The number of hydrogen-bond acceptors (Lipinski definition) is 5. The van der Waals surface area contributed by atoms with Gasteiger partial charge in [0.15, 0.2) is 0 Å². The number of aromatic nitrogens is 2. The Kier molecular flexibility index (Phi) is 5.83. The number of aryl methyl sites for hydroxylation is 2. The molecule has 1 fully saturated rings. The van der Waals surface area contributed by atoms with Crippen LogP contribution in [0.3, 0.4) is 0 Å². The summed E-state index contributed by atoms with van der Waals surface area (Å²) in [6.07, 6.45) is 4.83. The minimum absolute atomic E-state index is 0.150. The number of fused-ring (bicyclic) bond motifs is 1. The standard InChI is InChI=1S/C23H29FN4S/c1-16-13-29-21-20(16)26-15-27-22(21)28-12-10-19(23(2,3)14-28)25-11-4-5-17-6-8-18(24)9-7-17/h6-9,13,15,19,25H,4-5,10-12,14H2,1-3H3. The van der Waals surface area contributed by atoms with Crippen molar-refractivity contribution in [2.75, 3.05) is 24.5 Å². The molecule has 29 heavy (non-hydrogen) atoms. The molecule has 2 aromatic heterocycles. The van der Waals surface area contributed by atoms with Crippen molar-refractivity contribution >= 4 is 27.4 Å². The molecule has 6 heteroatoms. The van der Waals surface area contributed by atoms with E-state index in [1.165, 1.54) is 15.8 Å². The van der Waals surface area contributed by atoms with E-state index in [-0.39, 0.29) is 11.2 Å². The van der Waals surface area contributed by atoms with Crippen molar-refractivity contribution in [3.8, 4) is 0 Å². The molecule has 3 aromatic rings. The Balaban J connectivity index is 1.34. The van der Waals surface area contributed by atoms with Gasteiger partial charge in [0.1, 0.15) is 18.0 Å². The average Bonchev–Trinajstić information content (AvgIpc) is 3.08. The van der Waals surface area contributed by atoms with Crippen molar-refractivity contribution < 1.29 is 4.39 Å². The van der Waals surface area contributed by atoms with Gasteiger partial charge in [0.25, 0.3) is 0 Å². The van der Waals surface area contributed by atoms with Crippen molar-refractivity contribution in [1.29, 1.82) is 0 Å². The van der Waals surface area contributed by atoms with Crippen LogP contribution in [-0.2, 0) is 6.42 Å². The lowest BCUT2D eigenvalue weighted by atomic mass is 9.79. The van der Waals surface area contributed by atoms with Gasteiger partial charge in [-0.2, -0.15) is 0 Å². The molecule has 0 spiro atoms. The van der Waals surface area contributed by atoms with Crippen LogP contribution in [0.15, 0.2) is 36.0 Å². The fourth-order valence-corrected chi connectivity index (χ4v) is 5.34. The van der Waals surface area contributed by atoms with E-state index in [1.54, 1.807) is 29.8 Å². The van der Waals surface area contributed by atoms with Crippen LogP contribution in [0.2, 0.25) is 0 Å². The van der Waals surface area contributed by atoms with Gasteiger partial charge < -0.3 is 10.2 Å². The predicted octanol–water partition coefficient (Wildman–Crippen LogP) is 4.97. The smallest absolute Gasteiger partial charge is 0.150 e. The second kappa shape index (κ2) is 8.36. The molecule has 4 rings (SSSR count). The highest BCUT2D eigenvalue weighted by Crippen LogP contribution is 2.36. The van der Waals surface area contributed by atoms with Crippen molar-refractivity contribution in [3.05, 3.63) is 52.9 Å². The highest BCUT2D eigenvalue weighted by molar-refractivity contribution is 7.18. The molecule has 0 radical (unpaired) electrons. The van der Waals surface area contributed by atoms with E-state index in [1.807, 2.05) is 12.1 Å². The number of thiophene rings is 1. The first-order valence-electron chi connectivity index (χ1n) is 10.4. The molecule has 1 aromatic carbocycles. The maximum Gasteiger partial charge on any atom is 0.150 e. The summed E-state index contributed by atoms with van der Waals surface area (Å²) in [6, 6.07) is 7.33. The number of nitrogens with zero attached hydrogens (tertiary/aromatic N) is 3. The molecule has 1 atom stereocenters. The van der Waals surface area contributed by atoms with Crippen LogP contribution in [-0.4, -0.2) is 35.6 Å². The number of nitrogens with one attached hydrogen (secondary N) is 1. The summed E-state index contributed by atoms with van der Waals surface area (Å²) in [5.74, 6) is 0.912. The third-order valence-corrected chi connectivity index (χ3v) is 7.07. The first-order chi connectivity index (χ1) is 13.9. The number of piperidine rings is 1. The molecule has 3 heterocycles. The summed E-state index contributed by atoms with van der Waals surface area (Å²) in [5.41, 5.74) is 3.66. The van der Waals surface area contributed by atoms with Gasteiger partial charge in [-0.3, -0.25) is 0 Å². The summed E-state index contributed by atoms with van der Waals surface area (Å²) < 4.78 is 14.2. The highest BCUT2D eigenvalue weighted by atomic mass is 32.1. The van der Waals surface area contributed by atoms with Gasteiger partial charge >= 0.3 is 0 Å². The molecule has 0 bridgehead atoms. The monoisotopic (exact) mass is 412 g/mol. The van der Waals surface area contributed by atoms with Crippen LogP contribution < -0.4 is 10.2 Å². The lowest BCUT2D eigenvalue weighted by Gasteiger charge is -2.45. The SMILES string of the molecule is Cc1csc2c(N3CCC(NCCCc4ccc(F)cc4)C(C)(C)C3)ncnc12. The Morgan fingerprint density at radius 1 is 1.24 bits per heavy atom. The van der Waals surface area contributed by atoms with Crippen molar-refractivity contribution in [1.82, 2.24) is 15.3 Å². The first-order valence-corrected chi connectivity index (χ1v) is 11.2. The third kappa shape index (κ3) is 4.43. The molecule has 0 amide bonds. The zero-order valence-electron chi connectivity index (χ0n) is 17.4. The van der Waals surface area contributed by atoms with Crippen LogP contribution in [0.1, 0.15) is 37.8 Å². The Morgan fingerprint density at radius 3 is 2.79 bits per heavy atom. The third-order valence-electron chi connectivity index (χ3n) is 5.99. The number of benzene rings is 1. The molecule has 154 valence electrons. The van der Waals surface area contributed by atoms with E-state index in [2.05, 4.69) is 46.3 Å². The summed E-state index contributed by atoms with van der Waals surface area (Å²) in [5, 5.41) is 5.95. The summed E-state index contributed by atoms with van der Waals surface area (Å²) in [4.78, 5) is 11.5. The van der Waals surface area contributed by atoms with Gasteiger partial charge in [0.2, 0.25) is 0 Å². The zero-order valence-corrected chi connectivity index (χ0v) is 18.2. The van der Waals surface area contributed by atoms with Gasteiger partial charge in [-0.1, -0.05) is 26.0 Å². The quantitative estimate of drug-likeness (QED) is 0.581. The second-order valence-corrected chi connectivity index (χ2v) is 9.61. The lowest BCUT2D eigenvalue weighted by Crippen LogP contribution is -2.54. The molecule has 1 aliphatic heterocycles. The Labute approximate surface area is 176 Å². The molecule has 0 saturated carbocycles. The van der Waals surface area contributed by atoms with E-state index in [0.717, 1.165) is 50.2 Å². The van der Waals surface area contributed by atoms with E-state index in [4.69, 9.17) is 0 Å². The molecule has 1 saturated heterocycles. The van der Waals surface area contributed by atoms with E-state index in [9.17, 15) is 4.39 Å². The van der Waals surface area contributed by atoms with Crippen LogP contribution >= 0.6 is 11.3 Å². The molecule has 1 aliphatic rings. The largest absolute Gasteiger partial charge is 0.355 e. The molecule has 4 nitrogen and oxygen atoms in total. The Morgan fingerprint density at radius 2 is 2.03 bits per heavy atom. The van der Waals surface area contributed by atoms with Crippen LogP contribution in [0, 0.1) is 18.2 Å². The fourth-order valence-electron chi connectivity index (χ4n) is 4.32. The normalized spacial score (nSPS) is 19.0. The number of hydrogen-bond donors (Lipinski definition) is 1. The van der Waals surface area contributed by atoms with E-state index in [0.29, 0.717) is 6.04 Å². The van der Waals surface area contributed by atoms with Crippen LogP contribution in [0.25, 0.3) is 10.2 Å². The fraction of sp³-hybridized carbons (Fsp3) is 0.478. The molecule has 1 unspecified atom stereocenters. The highest BCUT2D eigenvalue weighted by Gasteiger charge is 2.36. The number of anilines is 1. The minimum atomic E-state index is -0.168. The van der Waals surface area contributed by atoms with Gasteiger partial charge in [0, 0.05) is 19.1 Å². The maximum atomic E-state index is 13.0. The van der Waals surface area contributed by atoms with Gasteiger partial charge in [-0.15, -0.1) is 11.3 Å². The Hall–Kier alpha value is -2.05. The van der Waals surface area contributed by atoms with Crippen LogP contribution in [0.4, 0.5) is 10.2 Å². The van der Waals surface area contributed by atoms with Crippen molar-refractivity contribution in [3.63, 3.8) is 0 Å². The summed E-state index contributed by atoms with van der Waals surface area (Å²) >= 11 is 1.75. The van der Waals surface area contributed by atoms with E-state index >= 15 is 0 Å². The minimum Gasteiger partial charge on any atom is -0.355 e. The summed E-state index contributed by atoms with van der Waals surface area (Å²) in [7, 11) is 0. The number of halogens is 1. The van der Waals surface area contributed by atoms with Gasteiger partial charge in [0.05, 0.1) is 10.2 Å².